The average molecular weight is 349 g/mol. The summed E-state index contributed by atoms with van der Waals surface area (Å²) in [5.41, 5.74) is 0.150. The zero-order valence-corrected chi connectivity index (χ0v) is 14.7. The molecule has 1 aromatic rings. The monoisotopic (exact) mass is 349 g/mol. The second-order valence-electron chi connectivity index (χ2n) is 5.93. The third kappa shape index (κ3) is 4.13. The number of unbranched alkanes of at least 4 members (excludes halogenated alkanes) is 1. The fraction of sp³-hybridized carbons (Fsp3) is 0.529. The first-order chi connectivity index (χ1) is 11.5. The first-order valence-electron chi connectivity index (χ1n) is 8.27. The Bertz CT molecular complexity index is 717. The number of carbonyl (C=O) groups excluding carboxylic acids is 1. The number of benzene rings is 1. The lowest BCUT2D eigenvalue weighted by Gasteiger charge is -2.30. The molecule has 0 aliphatic carbocycles. The van der Waals surface area contributed by atoms with Gasteiger partial charge in [-0.2, -0.15) is 9.57 Å². The molecule has 6 nitrogen and oxygen atoms in total. The molecule has 0 bridgehead atoms. The molecule has 24 heavy (non-hydrogen) atoms. The number of nitrogens with zero attached hydrogens (tertiary/aromatic N) is 2. The van der Waals surface area contributed by atoms with Crippen molar-refractivity contribution in [3.05, 3.63) is 29.8 Å². The molecule has 0 unspecified atom stereocenters. The molecule has 1 N–H and O–H groups in total. The Labute approximate surface area is 143 Å². The molecule has 0 atom stereocenters. The van der Waals surface area contributed by atoms with Gasteiger partial charge in [0, 0.05) is 25.6 Å². The number of hydrogen-bond acceptors (Lipinski definition) is 4. The van der Waals surface area contributed by atoms with Crippen LogP contribution in [0.4, 0.5) is 0 Å². The van der Waals surface area contributed by atoms with Crippen molar-refractivity contribution in [1.29, 1.82) is 5.26 Å². The van der Waals surface area contributed by atoms with Gasteiger partial charge in [0.05, 0.1) is 10.5 Å². The summed E-state index contributed by atoms with van der Waals surface area (Å²) in [5.74, 6) is -0.127. The van der Waals surface area contributed by atoms with Gasteiger partial charge < -0.3 is 5.32 Å². The molecule has 0 saturated carbocycles. The zero-order chi connectivity index (χ0) is 17.6. The molecule has 130 valence electrons. The summed E-state index contributed by atoms with van der Waals surface area (Å²) in [5, 5.41) is 12.0. The molecule has 0 radical (unpaired) electrons. The van der Waals surface area contributed by atoms with Crippen LogP contribution in [0.15, 0.2) is 29.2 Å². The molecule has 2 rings (SSSR count). The standard InChI is InChI=1S/C17H23N3O3S/c1-2-3-10-19-17(21)14-8-11-20(12-9-14)24(22,23)16-7-5-4-6-15(16)13-18/h4-7,14H,2-3,8-12H2,1H3,(H,19,21). The molecule has 1 saturated heterocycles. The average Bonchev–Trinajstić information content (AvgIpc) is 2.62. The Morgan fingerprint density at radius 3 is 2.62 bits per heavy atom. The van der Waals surface area contributed by atoms with Crippen molar-refractivity contribution < 1.29 is 13.2 Å². The van der Waals surface area contributed by atoms with Gasteiger partial charge in [0.25, 0.3) is 0 Å². The molecule has 1 fully saturated rings. The van der Waals surface area contributed by atoms with E-state index in [0.29, 0.717) is 32.5 Å². The third-order valence-corrected chi connectivity index (χ3v) is 6.24. The molecule has 1 aliphatic rings. The van der Waals surface area contributed by atoms with Crippen LogP contribution in [0.25, 0.3) is 0 Å². The van der Waals surface area contributed by atoms with Gasteiger partial charge in [0.15, 0.2) is 0 Å². The molecule has 1 aromatic carbocycles. The number of carbonyl (C=O) groups is 1. The van der Waals surface area contributed by atoms with Crippen LogP contribution in [0.3, 0.4) is 0 Å². The number of amides is 1. The van der Waals surface area contributed by atoms with Crippen molar-refractivity contribution in [3.8, 4) is 6.07 Å². The van der Waals surface area contributed by atoms with Gasteiger partial charge in [-0.05, 0) is 31.4 Å². The maximum absolute atomic E-state index is 12.7. The Balaban J connectivity index is 2.01. The highest BCUT2D eigenvalue weighted by molar-refractivity contribution is 7.89. The molecule has 7 heteroatoms. The summed E-state index contributed by atoms with van der Waals surface area (Å²) in [6.45, 7) is 3.33. The van der Waals surface area contributed by atoms with Gasteiger partial charge in [-0.3, -0.25) is 4.79 Å². The third-order valence-electron chi connectivity index (χ3n) is 4.28. The topological polar surface area (TPSA) is 90.3 Å². The van der Waals surface area contributed by atoms with E-state index in [-0.39, 0.29) is 22.3 Å². The van der Waals surface area contributed by atoms with Crippen molar-refractivity contribution in [2.24, 2.45) is 5.92 Å². The van der Waals surface area contributed by atoms with Gasteiger partial charge >= 0.3 is 0 Å². The minimum absolute atomic E-state index is 0.0120. The van der Waals surface area contributed by atoms with Crippen LogP contribution < -0.4 is 5.32 Å². The van der Waals surface area contributed by atoms with Crippen LogP contribution in [0.1, 0.15) is 38.2 Å². The summed E-state index contributed by atoms with van der Waals surface area (Å²) >= 11 is 0. The Morgan fingerprint density at radius 2 is 2.00 bits per heavy atom. The predicted octanol–water partition coefficient (Wildman–Crippen LogP) is 1.88. The Hall–Kier alpha value is -1.91. The second-order valence-corrected chi connectivity index (χ2v) is 7.84. The second kappa shape index (κ2) is 8.27. The van der Waals surface area contributed by atoms with Gasteiger partial charge in [-0.25, -0.2) is 8.42 Å². The van der Waals surface area contributed by atoms with E-state index in [1.165, 1.54) is 16.4 Å². The van der Waals surface area contributed by atoms with E-state index >= 15 is 0 Å². The smallest absolute Gasteiger partial charge is 0.244 e. The molecular weight excluding hydrogens is 326 g/mol. The molecule has 0 aromatic heterocycles. The summed E-state index contributed by atoms with van der Waals surface area (Å²) in [4.78, 5) is 12.1. The number of piperidine rings is 1. The van der Waals surface area contributed by atoms with Crippen LogP contribution in [0.2, 0.25) is 0 Å². The lowest BCUT2D eigenvalue weighted by Crippen LogP contribution is -2.43. The van der Waals surface area contributed by atoms with Crippen molar-refractivity contribution in [3.63, 3.8) is 0 Å². The van der Waals surface area contributed by atoms with Gasteiger partial charge in [0.1, 0.15) is 6.07 Å². The number of nitrogens with one attached hydrogen (secondary N) is 1. The Morgan fingerprint density at radius 1 is 1.33 bits per heavy atom. The molecular formula is C17H23N3O3S. The van der Waals surface area contributed by atoms with E-state index < -0.39 is 10.0 Å². The zero-order valence-electron chi connectivity index (χ0n) is 13.9. The Kier molecular flexibility index (Phi) is 6.35. The SMILES string of the molecule is CCCCNC(=O)C1CCN(S(=O)(=O)c2ccccc2C#N)CC1. The first kappa shape index (κ1) is 18.4. The molecule has 1 aliphatic heterocycles. The van der Waals surface area contributed by atoms with E-state index in [1.54, 1.807) is 12.1 Å². The highest BCUT2D eigenvalue weighted by Gasteiger charge is 2.33. The fourth-order valence-corrected chi connectivity index (χ4v) is 4.43. The maximum atomic E-state index is 12.7. The van der Waals surface area contributed by atoms with Crippen molar-refractivity contribution in [2.75, 3.05) is 19.6 Å². The van der Waals surface area contributed by atoms with E-state index in [9.17, 15) is 13.2 Å². The number of sulfonamides is 1. The predicted molar refractivity (Wildman–Crippen MR) is 90.6 cm³/mol. The first-order valence-corrected chi connectivity index (χ1v) is 9.71. The van der Waals surface area contributed by atoms with Gasteiger partial charge in [-0.1, -0.05) is 25.5 Å². The van der Waals surface area contributed by atoms with E-state index in [0.717, 1.165) is 12.8 Å². The summed E-state index contributed by atoms with van der Waals surface area (Å²) in [6, 6.07) is 8.14. The van der Waals surface area contributed by atoms with Crippen LogP contribution in [0.5, 0.6) is 0 Å². The largest absolute Gasteiger partial charge is 0.356 e. The summed E-state index contributed by atoms with van der Waals surface area (Å²) < 4.78 is 26.8. The fourth-order valence-electron chi connectivity index (χ4n) is 2.81. The molecule has 1 heterocycles. The maximum Gasteiger partial charge on any atom is 0.244 e. The van der Waals surface area contributed by atoms with Crippen LogP contribution in [-0.4, -0.2) is 38.3 Å². The summed E-state index contributed by atoms with van der Waals surface area (Å²) in [6.07, 6.45) is 2.98. The minimum Gasteiger partial charge on any atom is -0.356 e. The van der Waals surface area contributed by atoms with Crippen LogP contribution in [0, 0.1) is 17.2 Å². The number of nitriles is 1. The van der Waals surface area contributed by atoms with E-state index in [2.05, 4.69) is 12.2 Å². The van der Waals surface area contributed by atoms with Crippen molar-refractivity contribution in [2.45, 2.75) is 37.5 Å². The van der Waals surface area contributed by atoms with Crippen LogP contribution >= 0.6 is 0 Å². The van der Waals surface area contributed by atoms with Gasteiger partial charge in [0.2, 0.25) is 15.9 Å². The lowest BCUT2D eigenvalue weighted by atomic mass is 9.97. The molecule has 0 spiro atoms. The quantitative estimate of drug-likeness (QED) is 0.794. The van der Waals surface area contributed by atoms with Crippen LogP contribution in [-0.2, 0) is 14.8 Å². The number of rotatable bonds is 6. The lowest BCUT2D eigenvalue weighted by molar-refractivity contribution is -0.126. The number of hydrogen-bond donors (Lipinski definition) is 1. The highest BCUT2D eigenvalue weighted by atomic mass is 32.2. The van der Waals surface area contributed by atoms with E-state index in [1.807, 2.05) is 6.07 Å². The molecule has 1 amide bonds. The van der Waals surface area contributed by atoms with E-state index in [4.69, 9.17) is 5.26 Å². The minimum atomic E-state index is -3.70. The highest BCUT2D eigenvalue weighted by Crippen LogP contribution is 2.25. The van der Waals surface area contributed by atoms with Crippen molar-refractivity contribution >= 4 is 15.9 Å². The van der Waals surface area contributed by atoms with Gasteiger partial charge in [-0.15, -0.1) is 0 Å². The normalized spacial score (nSPS) is 16.5. The van der Waals surface area contributed by atoms with Crippen molar-refractivity contribution in [1.82, 2.24) is 9.62 Å². The summed E-state index contributed by atoms with van der Waals surface area (Å²) in [7, 11) is -3.70.